The first-order chi connectivity index (χ1) is 15.5. The van der Waals surface area contributed by atoms with E-state index in [1.807, 2.05) is 0 Å². The zero-order valence-electron chi connectivity index (χ0n) is 16.7. The summed E-state index contributed by atoms with van der Waals surface area (Å²) in [6.07, 6.45) is 2.72. The van der Waals surface area contributed by atoms with Crippen molar-refractivity contribution in [3.8, 4) is 11.6 Å². The third-order valence-electron chi connectivity index (χ3n) is 4.40. The van der Waals surface area contributed by atoms with E-state index in [-0.39, 0.29) is 22.8 Å². The number of esters is 1. The van der Waals surface area contributed by atoms with Crippen molar-refractivity contribution in [2.75, 3.05) is 12.4 Å². The lowest BCUT2D eigenvalue weighted by atomic mass is 10.2. The summed E-state index contributed by atoms with van der Waals surface area (Å²) in [5, 5.41) is 6.71. The number of hydrogen-bond donors (Lipinski definition) is 1. The Balaban J connectivity index is 1.58. The van der Waals surface area contributed by atoms with Crippen molar-refractivity contribution in [1.82, 2.24) is 19.2 Å². The minimum absolute atomic E-state index is 0.00593. The largest absolute Gasteiger partial charge is 0.465 e. The second kappa shape index (κ2) is 8.68. The fourth-order valence-corrected chi connectivity index (χ4v) is 2.92. The molecule has 2 aromatic heterocycles. The van der Waals surface area contributed by atoms with E-state index in [1.165, 1.54) is 60.3 Å². The SMILES string of the molecule is COC(=O)c1ccccc1NC(=O)Cn1nc2c(Oc3ccc(F)cc3)nccn2c1=O. The number of rotatable bonds is 6. The van der Waals surface area contributed by atoms with Crippen LogP contribution in [0.1, 0.15) is 10.4 Å². The number of nitrogens with one attached hydrogen (secondary N) is 1. The van der Waals surface area contributed by atoms with Gasteiger partial charge >= 0.3 is 11.7 Å². The Hall–Kier alpha value is -4.54. The van der Waals surface area contributed by atoms with Gasteiger partial charge in [-0.1, -0.05) is 12.1 Å². The summed E-state index contributed by atoms with van der Waals surface area (Å²) in [4.78, 5) is 41.1. The van der Waals surface area contributed by atoms with Crippen LogP contribution in [0.25, 0.3) is 5.65 Å². The van der Waals surface area contributed by atoms with Crippen LogP contribution in [0.2, 0.25) is 0 Å². The van der Waals surface area contributed by atoms with E-state index in [2.05, 4.69) is 15.4 Å². The Labute approximate surface area is 179 Å². The van der Waals surface area contributed by atoms with E-state index in [1.54, 1.807) is 12.1 Å². The van der Waals surface area contributed by atoms with Gasteiger partial charge in [-0.15, -0.1) is 5.10 Å². The van der Waals surface area contributed by atoms with E-state index in [0.29, 0.717) is 5.75 Å². The van der Waals surface area contributed by atoms with Crippen molar-refractivity contribution in [2.45, 2.75) is 6.54 Å². The predicted molar refractivity (Wildman–Crippen MR) is 110 cm³/mol. The molecule has 0 unspecified atom stereocenters. The molecule has 0 saturated carbocycles. The van der Waals surface area contributed by atoms with Gasteiger partial charge in [-0.25, -0.2) is 28.0 Å². The molecule has 0 atom stereocenters. The number of nitrogens with zero attached hydrogens (tertiary/aromatic N) is 4. The van der Waals surface area contributed by atoms with Crippen LogP contribution in [-0.2, 0) is 16.1 Å². The third-order valence-corrected chi connectivity index (χ3v) is 4.40. The standard InChI is InChI=1S/C21H16FN5O5/c1-31-20(29)15-4-2-3-5-16(15)24-17(28)12-27-21(30)26-11-10-23-19(18(26)25-27)32-14-8-6-13(22)7-9-14/h2-11H,12H2,1H3,(H,24,28). The summed E-state index contributed by atoms with van der Waals surface area (Å²) >= 11 is 0. The normalized spacial score (nSPS) is 10.7. The van der Waals surface area contributed by atoms with Crippen molar-refractivity contribution in [3.05, 3.63) is 82.8 Å². The maximum absolute atomic E-state index is 13.1. The molecular formula is C21H16FN5O5. The average molecular weight is 437 g/mol. The maximum Gasteiger partial charge on any atom is 0.351 e. The molecule has 0 radical (unpaired) electrons. The van der Waals surface area contributed by atoms with Gasteiger partial charge in [-0.05, 0) is 36.4 Å². The molecule has 0 spiro atoms. The molecule has 32 heavy (non-hydrogen) atoms. The maximum atomic E-state index is 13.1. The lowest BCUT2D eigenvalue weighted by Gasteiger charge is -2.09. The molecule has 2 aromatic carbocycles. The summed E-state index contributed by atoms with van der Waals surface area (Å²) in [5.74, 6) is -1.32. The third kappa shape index (κ3) is 4.17. The molecule has 4 rings (SSSR count). The summed E-state index contributed by atoms with van der Waals surface area (Å²) < 4.78 is 25.5. The molecule has 10 nitrogen and oxygen atoms in total. The monoisotopic (exact) mass is 437 g/mol. The van der Waals surface area contributed by atoms with Crippen LogP contribution >= 0.6 is 0 Å². The summed E-state index contributed by atoms with van der Waals surface area (Å²) in [5.41, 5.74) is -0.111. The number of anilines is 1. The smallest absolute Gasteiger partial charge is 0.351 e. The molecule has 1 amide bonds. The van der Waals surface area contributed by atoms with E-state index in [0.717, 1.165) is 4.68 Å². The van der Waals surface area contributed by atoms with Crippen LogP contribution in [0.3, 0.4) is 0 Å². The van der Waals surface area contributed by atoms with E-state index in [4.69, 9.17) is 9.47 Å². The molecule has 2 heterocycles. The number of halogens is 1. The predicted octanol–water partition coefficient (Wildman–Crippen LogP) is 2.25. The zero-order chi connectivity index (χ0) is 22.7. The van der Waals surface area contributed by atoms with Crippen LogP contribution < -0.4 is 15.7 Å². The highest BCUT2D eigenvalue weighted by molar-refractivity contribution is 6.01. The Morgan fingerprint density at radius 3 is 2.62 bits per heavy atom. The van der Waals surface area contributed by atoms with Gasteiger partial charge in [0, 0.05) is 12.4 Å². The number of amides is 1. The lowest BCUT2D eigenvalue weighted by molar-refractivity contribution is -0.117. The van der Waals surface area contributed by atoms with Crippen molar-refractivity contribution < 1.29 is 23.5 Å². The highest BCUT2D eigenvalue weighted by atomic mass is 19.1. The van der Waals surface area contributed by atoms with Gasteiger partial charge in [-0.3, -0.25) is 4.79 Å². The van der Waals surface area contributed by atoms with Gasteiger partial charge in [0.05, 0.1) is 18.4 Å². The number of carbonyl (C=O) groups excluding carboxylic acids is 2. The molecular weight excluding hydrogens is 421 g/mol. The number of methoxy groups -OCH3 is 1. The summed E-state index contributed by atoms with van der Waals surface area (Å²) in [7, 11) is 1.23. The number of aromatic nitrogens is 4. The van der Waals surface area contributed by atoms with Gasteiger partial charge in [0.25, 0.3) is 5.88 Å². The van der Waals surface area contributed by atoms with Crippen LogP contribution in [0, 0.1) is 5.82 Å². The zero-order valence-corrected chi connectivity index (χ0v) is 16.7. The number of para-hydroxylation sites is 1. The van der Waals surface area contributed by atoms with E-state index < -0.39 is 29.9 Å². The van der Waals surface area contributed by atoms with Crippen molar-refractivity contribution in [3.63, 3.8) is 0 Å². The molecule has 0 bridgehead atoms. The van der Waals surface area contributed by atoms with Gasteiger partial charge in [0.2, 0.25) is 11.6 Å². The number of carbonyl (C=O) groups is 2. The summed E-state index contributed by atoms with van der Waals surface area (Å²) in [6, 6.07) is 11.6. The number of hydrogen-bond acceptors (Lipinski definition) is 7. The van der Waals surface area contributed by atoms with Gasteiger partial charge < -0.3 is 14.8 Å². The fourth-order valence-electron chi connectivity index (χ4n) is 2.92. The molecule has 0 aliphatic heterocycles. The Morgan fingerprint density at radius 2 is 1.88 bits per heavy atom. The molecule has 11 heteroatoms. The van der Waals surface area contributed by atoms with Crippen LogP contribution in [0.5, 0.6) is 11.6 Å². The van der Waals surface area contributed by atoms with Crippen molar-refractivity contribution >= 4 is 23.2 Å². The Kier molecular flexibility index (Phi) is 5.62. The minimum atomic E-state index is -0.612. The molecule has 1 N–H and O–H groups in total. The average Bonchev–Trinajstić information content (AvgIpc) is 3.11. The molecule has 0 aliphatic rings. The number of fused-ring (bicyclic) bond motifs is 1. The van der Waals surface area contributed by atoms with Gasteiger partial charge in [0.1, 0.15) is 18.1 Å². The minimum Gasteiger partial charge on any atom is -0.465 e. The topological polar surface area (TPSA) is 117 Å². The van der Waals surface area contributed by atoms with E-state index >= 15 is 0 Å². The van der Waals surface area contributed by atoms with Crippen LogP contribution in [0.15, 0.2) is 65.7 Å². The van der Waals surface area contributed by atoms with Gasteiger partial charge in [0.15, 0.2) is 0 Å². The second-order valence-electron chi connectivity index (χ2n) is 6.51. The molecule has 4 aromatic rings. The highest BCUT2D eigenvalue weighted by Gasteiger charge is 2.17. The molecule has 0 fully saturated rings. The first kappa shape index (κ1) is 20.7. The highest BCUT2D eigenvalue weighted by Crippen LogP contribution is 2.22. The first-order valence-corrected chi connectivity index (χ1v) is 9.31. The van der Waals surface area contributed by atoms with Gasteiger partial charge in [-0.2, -0.15) is 0 Å². The van der Waals surface area contributed by atoms with Crippen LogP contribution in [-0.4, -0.2) is 38.2 Å². The Bertz CT molecular complexity index is 1360. The van der Waals surface area contributed by atoms with Crippen LogP contribution in [0.4, 0.5) is 10.1 Å². The quantitative estimate of drug-likeness (QED) is 0.460. The Morgan fingerprint density at radius 1 is 1.12 bits per heavy atom. The number of ether oxygens (including phenoxy) is 2. The second-order valence-corrected chi connectivity index (χ2v) is 6.51. The van der Waals surface area contributed by atoms with Crippen molar-refractivity contribution in [2.24, 2.45) is 0 Å². The lowest BCUT2D eigenvalue weighted by Crippen LogP contribution is -2.28. The van der Waals surface area contributed by atoms with E-state index in [9.17, 15) is 18.8 Å². The molecule has 0 saturated heterocycles. The summed E-state index contributed by atoms with van der Waals surface area (Å²) in [6.45, 7) is -0.425. The fraction of sp³-hybridized carbons (Fsp3) is 0.0952. The number of benzene rings is 2. The molecule has 162 valence electrons. The first-order valence-electron chi connectivity index (χ1n) is 9.31. The van der Waals surface area contributed by atoms with Crippen molar-refractivity contribution in [1.29, 1.82) is 0 Å². The molecule has 0 aliphatic carbocycles.